The van der Waals surface area contributed by atoms with Crippen LogP contribution >= 0.6 is 23.2 Å². The number of nitrogens with two attached hydrogens (primary N) is 1. The van der Waals surface area contributed by atoms with Crippen molar-refractivity contribution in [3.63, 3.8) is 0 Å². The molecule has 1 aromatic carbocycles. The zero-order chi connectivity index (χ0) is 19.8. The highest BCUT2D eigenvalue weighted by molar-refractivity contribution is 6.39. The predicted octanol–water partition coefficient (Wildman–Crippen LogP) is 5.37. The summed E-state index contributed by atoms with van der Waals surface area (Å²) in [4.78, 5) is 12.1. The smallest absolute Gasteiger partial charge is 0.396 e. The Bertz CT molecular complexity index is 673. The second-order valence-electron chi connectivity index (χ2n) is 6.13. The number of nitrogens with zero attached hydrogens (tertiary/aromatic N) is 1. The van der Waals surface area contributed by atoms with Crippen molar-refractivity contribution in [1.82, 2.24) is 4.90 Å². The topological polar surface area (TPSA) is 46.3 Å². The Kier molecular flexibility index (Phi) is 6.01. The van der Waals surface area contributed by atoms with Gasteiger partial charge in [-0.15, -0.1) is 0 Å². The number of amides is 1. The quantitative estimate of drug-likeness (QED) is 0.543. The van der Waals surface area contributed by atoms with E-state index in [1.54, 1.807) is 0 Å². The number of benzene rings is 1. The number of carbonyl (C=O) groups is 1. The molecule has 25 heavy (non-hydrogen) atoms. The van der Waals surface area contributed by atoms with Crippen molar-refractivity contribution < 1.29 is 26.7 Å². The normalized spacial score (nSPS) is 13.4. The van der Waals surface area contributed by atoms with Crippen LogP contribution in [0.5, 0.6) is 0 Å². The minimum atomic E-state index is -6.00. The van der Waals surface area contributed by atoms with Crippen molar-refractivity contribution in [3.05, 3.63) is 33.9 Å². The molecule has 0 fully saturated rings. The number of nitrogen functional groups attached to an aromatic ring is 1. The lowest BCUT2D eigenvalue weighted by Crippen LogP contribution is -2.55. The molecule has 140 valence electrons. The van der Waals surface area contributed by atoms with Crippen LogP contribution in [0.25, 0.3) is 6.08 Å². The number of rotatable bonds is 3. The highest BCUT2D eigenvalue weighted by Gasteiger charge is 2.65. The summed E-state index contributed by atoms with van der Waals surface area (Å²) in [7, 11) is 0. The Morgan fingerprint density at radius 3 is 1.88 bits per heavy atom. The fourth-order valence-corrected chi connectivity index (χ4v) is 2.23. The Balaban J connectivity index is 3.29. The molecule has 0 saturated carbocycles. The van der Waals surface area contributed by atoms with Crippen LogP contribution in [0.15, 0.2) is 18.3 Å². The number of carbonyl (C=O) groups excluding carboxylic acids is 1. The van der Waals surface area contributed by atoms with Gasteiger partial charge in [-0.1, -0.05) is 23.2 Å². The van der Waals surface area contributed by atoms with Crippen LogP contribution in [0.1, 0.15) is 26.3 Å². The first-order chi connectivity index (χ1) is 11.1. The van der Waals surface area contributed by atoms with E-state index >= 15 is 0 Å². The Morgan fingerprint density at radius 1 is 1.08 bits per heavy atom. The predicted molar refractivity (Wildman–Crippen MR) is 87.5 cm³/mol. The van der Waals surface area contributed by atoms with Gasteiger partial charge in [0.1, 0.15) is 0 Å². The Hall–Kier alpha value is -1.54. The van der Waals surface area contributed by atoms with Crippen LogP contribution in [0.4, 0.5) is 27.6 Å². The summed E-state index contributed by atoms with van der Waals surface area (Å²) in [5.74, 6) is -7.92. The second-order valence-corrected chi connectivity index (χ2v) is 6.95. The fraction of sp³-hybridized carbons (Fsp3) is 0.400. The first kappa shape index (κ1) is 21.5. The molecule has 1 amide bonds. The van der Waals surface area contributed by atoms with E-state index in [0.29, 0.717) is 4.90 Å². The second kappa shape index (κ2) is 6.99. The maximum Gasteiger partial charge on any atom is 0.463 e. The SMILES string of the molecule is CC(C)(C)N(/C=C/c1cc(Cl)c(N)c(Cl)c1)C(=O)C(F)(F)C(F)(F)F. The summed E-state index contributed by atoms with van der Waals surface area (Å²) in [6, 6.07) is 2.65. The van der Waals surface area contributed by atoms with E-state index in [1.165, 1.54) is 32.9 Å². The van der Waals surface area contributed by atoms with Crippen molar-refractivity contribution in [3.8, 4) is 0 Å². The monoisotopic (exact) mass is 404 g/mol. The molecule has 1 rings (SSSR count). The van der Waals surface area contributed by atoms with E-state index < -0.39 is 23.5 Å². The molecule has 0 aliphatic heterocycles. The Labute approximate surface area is 151 Å². The van der Waals surface area contributed by atoms with E-state index in [9.17, 15) is 26.7 Å². The molecule has 0 aliphatic rings. The van der Waals surface area contributed by atoms with Gasteiger partial charge in [-0.05, 0) is 44.5 Å². The van der Waals surface area contributed by atoms with Gasteiger partial charge >= 0.3 is 18.0 Å². The van der Waals surface area contributed by atoms with E-state index in [0.717, 1.165) is 12.3 Å². The van der Waals surface area contributed by atoms with E-state index in [4.69, 9.17) is 28.9 Å². The number of halogens is 7. The molecule has 0 atom stereocenters. The van der Waals surface area contributed by atoms with Crippen LogP contribution < -0.4 is 5.73 Å². The number of alkyl halides is 5. The minimum absolute atomic E-state index is 0.0707. The third-order valence-corrected chi connectivity index (χ3v) is 3.71. The lowest BCUT2D eigenvalue weighted by atomic mass is 10.0. The van der Waals surface area contributed by atoms with Crippen LogP contribution in [0.3, 0.4) is 0 Å². The van der Waals surface area contributed by atoms with Gasteiger partial charge in [0.15, 0.2) is 0 Å². The van der Waals surface area contributed by atoms with Gasteiger partial charge < -0.3 is 10.6 Å². The standard InChI is InChI=1S/C15H15Cl2F5N2O/c1-13(2,3)24(12(25)14(18,19)15(20,21)22)5-4-8-6-9(16)11(23)10(17)7-8/h4-7H,23H2,1-3H3/b5-4+. The maximum atomic E-state index is 13.4. The minimum Gasteiger partial charge on any atom is -0.396 e. The van der Waals surface area contributed by atoms with Crippen molar-refractivity contribution in [2.24, 2.45) is 0 Å². The maximum absolute atomic E-state index is 13.4. The largest absolute Gasteiger partial charge is 0.463 e. The molecule has 0 spiro atoms. The van der Waals surface area contributed by atoms with Gasteiger partial charge in [-0.3, -0.25) is 4.79 Å². The lowest BCUT2D eigenvalue weighted by molar-refractivity contribution is -0.274. The molecule has 0 radical (unpaired) electrons. The van der Waals surface area contributed by atoms with Gasteiger partial charge in [-0.25, -0.2) is 0 Å². The van der Waals surface area contributed by atoms with Crippen LogP contribution in [-0.2, 0) is 4.79 Å². The van der Waals surface area contributed by atoms with Crippen molar-refractivity contribution in [1.29, 1.82) is 0 Å². The van der Waals surface area contributed by atoms with Gasteiger partial charge in [0.05, 0.1) is 15.7 Å². The molecular weight excluding hydrogens is 390 g/mol. The summed E-state index contributed by atoms with van der Waals surface area (Å²) in [6.07, 6.45) is -4.05. The zero-order valence-corrected chi connectivity index (χ0v) is 14.9. The third-order valence-electron chi connectivity index (χ3n) is 3.08. The summed E-state index contributed by atoms with van der Waals surface area (Å²) < 4.78 is 64.2. The number of hydrogen-bond acceptors (Lipinski definition) is 2. The zero-order valence-electron chi connectivity index (χ0n) is 13.4. The molecule has 10 heteroatoms. The van der Waals surface area contributed by atoms with Crippen molar-refractivity contribution in [2.75, 3.05) is 5.73 Å². The average molecular weight is 405 g/mol. The molecule has 0 saturated heterocycles. The molecule has 3 nitrogen and oxygen atoms in total. The molecule has 0 aliphatic carbocycles. The number of hydrogen-bond donors (Lipinski definition) is 1. The molecule has 1 aromatic rings. The summed E-state index contributed by atoms with van der Waals surface area (Å²) in [5, 5.41) is 0.141. The summed E-state index contributed by atoms with van der Waals surface area (Å²) >= 11 is 11.7. The third kappa shape index (κ3) is 4.76. The van der Waals surface area contributed by atoms with Crippen molar-refractivity contribution >= 4 is 40.9 Å². The first-order valence-corrected chi connectivity index (χ1v) is 7.55. The highest BCUT2D eigenvalue weighted by atomic mass is 35.5. The molecule has 0 heterocycles. The van der Waals surface area contributed by atoms with E-state index in [1.807, 2.05) is 0 Å². The molecule has 2 N–H and O–H groups in total. The van der Waals surface area contributed by atoms with Crippen LogP contribution in [0, 0.1) is 0 Å². The van der Waals surface area contributed by atoms with E-state index in [2.05, 4.69) is 0 Å². The molecule has 0 aromatic heterocycles. The summed E-state index contributed by atoms with van der Waals surface area (Å²) in [6.45, 7) is 3.93. The van der Waals surface area contributed by atoms with Gasteiger partial charge in [0.2, 0.25) is 0 Å². The highest BCUT2D eigenvalue weighted by Crippen LogP contribution is 2.38. The molecular formula is C15H15Cl2F5N2O. The van der Waals surface area contributed by atoms with Gasteiger partial charge in [-0.2, -0.15) is 22.0 Å². The lowest BCUT2D eigenvalue weighted by Gasteiger charge is -2.35. The summed E-state index contributed by atoms with van der Waals surface area (Å²) in [5.41, 5.74) is 4.56. The average Bonchev–Trinajstić information content (AvgIpc) is 2.41. The van der Waals surface area contributed by atoms with Crippen LogP contribution in [0.2, 0.25) is 10.0 Å². The fourth-order valence-electron chi connectivity index (χ4n) is 1.73. The Morgan fingerprint density at radius 2 is 1.52 bits per heavy atom. The van der Waals surface area contributed by atoms with Crippen LogP contribution in [-0.4, -0.2) is 28.4 Å². The molecule has 0 bridgehead atoms. The van der Waals surface area contributed by atoms with Gasteiger partial charge in [0.25, 0.3) is 0 Å². The van der Waals surface area contributed by atoms with Crippen molar-refractivity contribution in [2.45, 2.75) is 38.4 Å². The van der Waals surface area contributed by atoms with E-state index in [-0.39, 0.29) is 21.3 Å². The molecule has 0 unspecified atom stereocenters. The number of anilines is 1. The first-order valence-electron chi connectivity index (χ1n) is 6.80. The van der Waals surface area contributed by atoms with Gasteiger partial charge in [0, 0.05) is 11.7 Å².